The highest BCUT2D eigenvalue weighted by molar-refractivity contribution is 9.10. The van der Waals surface area contributed by atoms with Crippen LogP contribution in [0.25, 0.3) is 0 Å². The van der Waals surface area contributed by atoms with Gasteiger partial charge in [-0.2, -0.15) is 4.31 Å². The van der Waals surface area contributed by atoms with Crippen molar-refractivity contribution in [1.29, 1.82) is 0 Å². The maximum absolute atomic E-state index is 13.1. The Morgan fingerprint density at radius 1 is 1.38 bits per heavy atom. The highest BCUT2D eigenvalue weighted by Crippen LogP contribution is 2.33. The van der Waals surface area contributed by atoms with E-state index in [1.54, 1.807) is 22.5 Å². The van der Waals surface area contributed by atoms with Gasteiger partial charge >= 0.3 is 0 Å². The molecule has 0 bridgehead atoms. The van der Waals surface area contributed by atoms with E-state index >= 15 is 0 Å². The molecule has 1 saturated heterocycles. The van der Waals surface area contributed by atoms with Crippen LogP contribution in [0.5, 0.6) is 0 Å². The quantitative estimate of drug-likeness (QED) is 0.832. The fourth-order valence-corrected chi connectivity index (χ4v) is 6.11. The predicted octanol–water partition coefficient (Wildman–Crippen LogP) is 3.26. The van der Waals surface area contributed by atoms with Gasteiger partial charge in [0.25, 0.3) is 0 Å². The second kappa shape index (κ2) is 7.42. The average Bonchev–Trinajstić information content (AvgIpc) is 2.45. The fourth-order valence-electron chi connectivity index (χ4n) is 2.66. The molecule has 21 heavy (non-hydrogen) atoms. The zero-order valence-electron chi connectivity index (χ0n) is 12.0. The van der Waals surface area contributed by atoms with E-state index in [-0.39, 0.29) is 16.0 Å². The van der Waals surface area contributed by atoms with Crippen molar-refractivity contribution in [1.82, 2.24) is 9.62 Å². The summed E-state index contributed by atoms with van der Waals surface area (Å²) in [6.45, 7) is 4.21. The van der Waals surface area contributed by atoms with Gasteiger partial charge in [-0.15, -0.1) is 0 Å². The molecule has 1 aliphatic heterocycles. The van der Waals surface area contributed by atoms with Crippen LogP contribution in [0.15, 0.2) is 27.6 Å². The van der Waals surface area contributed by atoms with Crippen molar-refractivity contribution in [2.75, 3.05) is 19.6 Å². The van der Waals surface area contributed by atoms with E-state index in [1.807, 2.05) is 6.92 Å². The first-order valence-electron chi connectivity index (χ1n) is 7.15. The molecule has 1 fully saturated rings. The fraction of sp³-hybridized carbons (Fsp3) is 0.571. The molecule has 0 atom stereocenters. The van der Waals surface area contributed by atoms with Gasteiger partial charge in [-0.05, 0) is 60.4 Å². The summed E-state index contributed by atoms with van der Waals surface area (Å²) in [5.41, 5.74) is 0. The highest BCUT2D eigenvalue weighted by Gasteiger charge is 2.34. The van der Waals surface area contributed by atoms with Crippen molar-refractivity contribution in [3.8, 4) is 0 Å². The number of piperidine rings is 1. The standard InChI is InChI=1S/C14H20BrClN2O2S/c1-2-10-18(11-6-8-17-9-7-11)21(19,20)14-12(15)4-3-5-13(14)16/h3-5,11,17H,2,6-10H2,1H3. The molecule has 7 heteroatoms. The Bertz CT molecular complexity index is 568. The van der Waals surface area contributed by atoms with Crippen LogP contribution in [0, 0.1) is 0 Å². The van der Waals surface area contributed by atoms with Crippen molar-refractivity contribution in [3.05, 3.63) is 27.7 Å². The molecular formula is C14H20BrClN2O2S. The van der Waals surface area contributed by atoms with E-state index in [2.05, 4.69) is 21.2 Å². The number of nitrogens with zero attached hydrogens (tertiary/aromatic N) is 1. The van der Waals surface area contributed by atoms with Crippen LogP contribution in [0.4, 0.5) is 0 Å². The Hall–Kier alpha value is -0.140. The van der Waals surface area contributed by atoms with Crippen molar-refractivity contribution in [2.45, 2.75) is 37.1 Å². The summed E-state index contributed by atoms with van der Waals surface area (Å²) in [6.07, 6.45) is 2.45. The van der Waals surface area contributed by atoms with E-state index in [4.69, 9.17) is 11.6 Å². The lowest BCUT2D eigenvalue weighted by Crippen LogP contribution is -2.46. The lowest BCUT2D eigenvalue weighted by molar-refractivity contribution is 0.262. The molecule has 1 N–H and O–H groups in total. The number of halogens is 2. The molecule has 0 aromatic heterocycles. The third kappa shape index (κ3) is 3.79. The van der Waals surface area contributed by atoms with Crippen LogP contribution in [0.3, 0.4) is 0 Å². The zero-order chi connectivity index (χ0) is 15.5. The lowest BCUT2D eigenvalue weighted by atomic mass is 10.1. The molecule has 0 amide bonds. The maximum Gasteiger partial charge on any atom is 0.245 e. The zero-order valence-corrected chi connectivity index (χ0v) is 15.1. The van der Waals surface area contributed by atoms with Crippen molar-refractivity contribution < 1.29 is 8.42 Å². The Labute approximate surface area is 140 Å². The van der Waals surface area contributed by atoms with Crippen molar-refractivity contribution in [2.24, 2.45) is 0 Å². The maximum atomic E-state index is 13.1. The van der Waals surface area contributed by atoms with Gasteiger partial charge in [-0.1, -0.05) is 24.6 Å². The summed E-state index contributed by atoms with van der Waals surface area (Å²) in [6, 6.07) is 5.11. The Balaban J connectivity index is 2.42. The van der Waals surface area contributed by atoms with E-state index in [1.165, 1.54) is 0 Å². The summed E-state index contributed by atoms with van der Waals surface area (Å²) < 4.78 is 28.3. The normalized spacial score (nSPS) is 17.3. The number of rotatable bonds is 5. The molecule has 0 saturated carbocycles. The minimum absolute atomic E-state index is 0.0411. The van der Waals surface area contributed by atoms with Crippen LogP contribution in [-0.4, -0.2) is 38.4 Å². The number of hydrogen-bond donors (Lipinski definition) is 1. The topological polar surface area (TPSA) is 49.4 Å². The van der Waals surface area contributed by atoms with E-state index in [0.717, 1.165) is 32.4 Å². The minimum atomic E-state index is -3.60. The summed E-state index contributed by atoms with van der Waals surface area (Å²) in [5, 5.41) is 3.53. The molecule has 1 aromatic rings. The average molecular weight is 396 g/mol. The van der Waals surface area contributed by atoms with Crippen LogP contribution >= 0.6 is 27.5 Å². The number of benzene rings is 1. The Morgan fingerprint density at radius 2 is 2.05 bits per heavy atom. The van der Waals surface area contributed by atoms with Crippen LogP contribution < -0.4 is 5.32 Å². The molecule has 0 spiro atoms. The van der Waals surface area contributed by atoms with E-state index in [9.17, 15) is 8.42 Å². The van der Waals surface area contributed by atoms with Crippen LogP contribution in [-0.2, 0) is 10.0 Å². The van der Waals surface area contributed by atoms with Gasteiger partial charge < -0.3 is 5.32 Å². The van der Waals surface area contributed by atoms with Gasteiger partial charge in [0.05, 0.1) is 5.02 Å². The second-order valence-electron chi connectivity index (χ2n) is 5.15. The molecular weight excluding hydrogens is 376 g/mol. The minimum Gasteiger partial charge on any atom is -0.317 e. The van der Waals surface area contributed by atoms with Gasteiger partial charge in [0.1, 0.15) is 4.90 Å². The monoisotopic (exact) mass is 394 g/mol. The van der Waals surface area contributed by atoms with Gasteiger partial charge in [0.2, 0.25) is 10.0 Å². The summed E-state index contributed by atoms with van der Waals surface area (Å²) >= 11 is 9.47. The van der Waals surface area contributed by atoms with Crippen LogP contribution in [0.2, 0.25) is 5.02 Å². The molecule has 1 aromatic carbocycles. The first-order valence-corrected chi connectivity index (χ1v) is 9.76. The molecule has 0 unspecified atom stereocenters. The van der Waals surface area contributed by atoms with Crippen molar-refractivity contribution >= 4 is 37.6 Å². The lowest BCUT2D eigenvalue weighted by Gasteiger charge is -2.34. The van der Waals surface area contributed by atoms with Gasteiger partial charge in [-0.3, -0.25) is 0 Å². The third-order valence-electron chi connectivity index (χ3n) is 3.65. The summed E-state index contributed by atoms with van der Waals surface area (Å²) in [5.74, 6) is 0. The smallest absolute Gasteiger partial charge is 0.245 e. The van der Waals surface area contributed by atoms with Crippen LogP contribution in [0.1, 0.15) is 26.2 Å². The molecule has 2 rings (SSSR count). The largest absolute Gasteiger partial charge is 0.317 e. The molecule has 1 aliphatic rings. The van der Waals surface area contributed by atoms with Gasteiger partial charge in [0.15, 0.2) is 0 Å². The Morgan fingerprint density at radius 3 is 2.62 bits per heavy atom. The molecule has 4 nitrogen and oxygen atoms in total. The van der Waals surface area contributed by atoms with Gasteiger partial charge in [-0.25, -0.2) is 8.42 Å². The second-order valence-corrected chi connectivity index (χ2v) is 8.24. The summed E-state index contributed by atoms with van der Waals surface area (Å²) in [7, 11) is -3.60. The number of sulfonamides is 1. The van der Waals surface area contributed by atoms with Crippen molar-refractivity contribution in [3.63, 3.8) is 0 Å². The molecule has 0 aliphatic carbocycles. The van der Waals surface area contributed by atoms with E-state index < -0.39 is 10.0 Å². The Kier molecular flexibility index (Phi) is 6.08. The first kappa shape index (κ1) is 17.2. The van der Waals surface area contributed by atoms with Gasteiger partial charge in [0, 0.05) is 17.1 Å². The first-order chi connectivity index (χ1) is 9.98. The molecule has 1 heterocycles. The van der Waals surface area contributed by atoms with E-state index in [0.29, 0.717) is 11.0 Å². The molecule has 118 valence electrons. The molecule has 0 radical (unpaired) electrons. The number of hydrogen-bond acceptors (Lipinski definition) is 3. The summed E-state index contributed by atoms with van der Waals surface area (Å²) in [4.78, 5) is 0.179. The third-order valence-corrected chi connectivity index (χ3v) is 7.05. The highest BCUT2D eigenvalue weighted by atomic mass is 79.9. The predicted molar refractivity (Wildman–Crippen MR) is 89.2 cm³/mol. The number of nitrogens with one attached hydrogen (secondary N) is 1. The SMILES string of the molecule is CCCN(C1CCNCC1)S(=O)(=O)c1c(Cl)cccc1Br.